The van der Waals surface area contributed by atoms with E-state index in [0.29, 0.717) is 11.3 Å². The van der Waals surface area contributed by atoms with Gasteiger partial charge >= 0.3 is 0 Å². The summed E-state index contributed by atoms with van der Waals surface area (Å²) in [6, 6.07) is 12.5. The lowest BCUT2D eigenvalue weighted by molar-refractivity contribution is 0.1000. The maximum atomic E-state index is 13.8. The summed E-state index contributed by atoms with van der Waals surface area (Å²) in [6.07, 6.45) is 0. The molecule has 20 heavy (non-hydrogen) atoms. The summed E-state index contributed by atoms with van der Waals surface area (Å²) >= 11 is 0. The van der Waals surface area contributed by atoms with Gasteiger partial charge < -0.3 is 11.1 Å². The van der Waals surface area contributed by atoms with E-state index in [9.17, 15) is 9.18 Å². The third-order valence-electron chi connectivity index (χ3n) is 3.30. The summed E-state index contributed by atoms with van der Waals surface area (Å²) in [7, 11) is 0. The summed E-state index contributed by atoms with van der Waals surface area (Å²) in [5.41, 5.74) is 7.50. The molecule has 2 aromatic carbocycles. The Bertz CT molecular complexity index is 626. The molecule has 2 rings (SSSR count). The molecule has 0 spiro atoms. The van der Waals surface area contributed by atoms with Gasteiger partial charge in [0.25, 0.3) is 0 Å². The van der Waals surface area contributed by atoms with Crippen molar-refractivity contribution in [1.82, 2.24) is 0 Å². The molecule has 0 saturated heterocycles. The molecule has 0 fully saturated rings. The van der Waals surface area contributed by atoms with Crippen LogP contribution in [0.5, 0.6) is 0 Å². The van der Waals surface area contributed by atoms with Crippen LogP contribution in [0, 0.1) is 12.7 Å². The number of hydrogen-bond donors (Lipinski definition) is 2. The van der Waals surface area contributed by atoms with Gasteiger partial charge in [0.05, 0.1) is 0 Å². The highest BCUT2D eigenvalue weighted by Gasteiger charge is 2.13. The summed E-state index contributed by atoms with van der Waals surface area (Å²) in [4.78, 5) is 11.2. The fourth-order valence-electron chi connectivity index (χ4n) is 2.03. The van der Waals surface area contributed by atoms with Gasteiger partial charge in [-0.05, 0) is 31.5 Å². The second kappa shape index (κ2) is 5.74. The van der Waals surface area contributed by atoms with Gasteiger partial charge in [-0.3, -0.25) is 4.79 Å². The highest BCUT2D eigenvalue weighted by Crippen LogP contribution is 2.25. The number of amides is 1. The number of carbonyl (C=O) groups is 1. The van der Waals surface area contributed by atoms with Crippen LogP contribution in [0.2, 0.25) is 0 Å². The maximum Gasteiger partial charge on any atom is 0.248 e. The number of primary amides is 1. The highest BCUT2D eigenvalue weighted by molar-refractivity contribution is 5.94. The molecule has 3 N–H and O–H groups in total. The molecule has 0 heterocycles. The Labute approximate surface area is 117 Å². The average molecular weight is 272 g/mol. The predicted octanol–water partition coefficient (Wildman–Crippen LogP) is 3.41. The number of nitrogens with one attached hydrogen (secondary N) is 1. The van der Waals surface area contributed by atoms with E-state index in [1.165, 1.54) is 0 Å². The minimum absolute atomic E-state index is 0.00238. The van der Waals surface area contributed by atoms with Gasteiger partial charge in [-0.15, -0.1) is 0 Å². The van der Waals surface area contributed by atoms with E-state index in [2.05, 4.69) is 5.32 Å². The fraction of sp³-hybridized carbons (Fsp3) is 0.188. The molecule has 0 aliphatic heterocycles. The molecular formula is C16H17FN2O. The molecule has 104 valence electrons. The van der Waals surface area contributed by atoms with Crippen LogP contribution in [0.1, 0.15) is 34.5 Å². The predicted molar refractivity (Wildman–Crippen MR) is 78.1 cm³/mol. The lowest BCUT2D eigenvalue weighted by atomic mass is 10.1. The SMILES string of the molecule is Cc1c(F)cc(C(N)=O)cc1NC(C)c1ccccc1. The Balaban J connectivity index is 2.31. The van der Waals surface area contributed by atoms with Crippen molar-refractivity contribution in [3.63, 3.8) is 0 Å². The quantitative estimate of drug-likeness (QED) is 0.896. The first-order valence-corrected chi connectivity index (χ1v) is 6.40. The number of benzene rings is 2. The molecule has 0 bridgehead atoms. The molecular weight excluding hydrogens is 255 g/mol. The Kier molecular flexibility index (Phi) is 4.03. The van der Waals surface area contributed by atoms with Crippen molar-refractivity contribution in [3.8, 4) is 0 Å². The van der Waals surface area contributed by atoms with Crippen LogP contribution in [0.3, 0.4) is 0 Å². The van der Waals surface area contributed by atoms with Crippen LogP contribution in [-0.2, 0) is 0 Å². The van der Waals surface area contributed by atoms with Crippen LogP contribution in [0.4, 0.5) is 10.1 Å². The number of halogens is 1. The van der Waals surface area contributed by atoms with Crippen molar-refractivity contribution in [2.24, 2.45) is 5.73 Å². The lowest BCUT2D eigenvalue weighted by Gasteiger charge is -2.18. The van der Waals surface area contributed by atoms with Gasteiger partial charge in [0.2, 0.25) is 5.91 Å². The largest absolute Gasteiger partial charge is 0.378 e. The molecule has 4 heteroatoms. The van der Waals surface area contributed by atoms with Crippen LogP contribution < -0.4 is 11.1 Å². The molecule has 1 atom stereocenters. The van der Waals surface area contributed by atoms with Crippen molar-refractivity contribution in [1.29, 1.82) is 0 Å². The van der Waals surface area contributed by atoms with E-state index in [1.54, 1.807) is 13.0 Å². The zero-order valence-electron chi connectivity index (χ0n) is 11.5. The molecule has 2 aromatic rings. The minimum atomic E-state index is -0.640. The zero-order valence-corrected chi connectivity index (χ0v) is 11.5. The first-order chi connectivity index (χ1) is 9.49. The summed E-state index contributed by atoms with van der Waals surface area (Å²) in [6.45, 7) is 3.64. The van der Waals surface area contributed by atoms with Crippen LogP contribution in [-0.4, -0.2) is 5.91 Å². The second-order valence-corrected chi connectivity index (χ2v) is 4.77. The molecule has 0 aliphatic carbocycles. The van der Waals surface area contributed by atoms with Crippen molar-refractivity contribution < 1.29 is 9.18 Å². The molecule has 1 unspecified atom stereocenters. The number of rotatable bonds is 4. The van der Waals surface area contributed by atoms with Crippen molar-refractivity contribution in [2.45, 2.75) is 19.9 Å². The molecule has 0 radical (unpaired) electrons. The zero-order chi connectivity index (χ0) is 14.7. The van der Waals surface area contributed by atoms with E-state index in [1.807, 2.05) is 37.3 Å². The van der Waals surface area contributed by atoms with Crippen molar-refractivity contribution >= 4 is 11.6 Å². The van der Waals surface area contributed by atoms with Crippen LogP contribution >= 0.6 is 0 Å². The van der Waals surface area contributed by atoms with Gasteiger partial charge in [0, 0.05) is 22.9 Å². The lowest BCUT2D eigenvalue weighted by Crippen LogP contribution is -2.14. The molecule has 0 aromatic heterocycles. The van der Waals surface area contributed by atoms with E-state index in [4.69, 9.17) is 5.73 Å². The highest BCUT2D eigenvalue weighted by atomic mass is 19.1. The van der Waals surface area contributed by atoms with Crippen LogP contribution in [0.15, 0.2) is 42.5 Å². The number of anilines is 1. The Morgan fingerprint density at radius 2 is 1.90 bits per heavy atom. The monoisotopic (exact) mass is 272 g/mol. The number of hydrogen-bond acceptors (Lipinski definition) is 2. The molecule has 3 nitrogen and oxygen atoms in total. The topological polar surface area (TPSA) is 55.1 Å². The third kappa shape index (κ3) is 2.96. The van der Waals surface area contributed by atoms with Crippen molar-refractivity contribution in [2.75, 3.05) is 5.32 Å². The summed E-state index contributed by atoms with van der Waals surface area (Å²) < 4.78 is 13.8. The van der Waals surface area contributed by atoms with Gasteiger partial charge in [0.1, 0.15) is 5.82 Å². The first-order valence-electron chi connectivity index (χ1n) is 6.40. The first kappa shape index (κ1) is 14.1. The molecule has 1 amide bonds. The number of carbonyl (C=O) groups excluding carboxylic acids is 1. The number of nitrogens with two attached hydrogens (primary N) is 1. The van der Waals surface area contributed by atoms with E-state index in [0.717, 1.165) is 11.6 Å². The van der Waals surface area contributed by atoms with E-state index in [-0.39, 0.29) is 11.6 Å². The van der Waals surface area contributed by atoms with Gasteiger partial charge in [-0.25, -0.2) is 4.39 Å². The fourth-order valence-corrected chi connectivity index (χ4v) is 2.03. The standard InChI is InChI=1S/C16H17FN2O/c1-10-14(17)8-13(16(18)20)9-15(10)19-11(2)12-6-4-3-5-7-12/h3-9,11,19H,1-2H3,(H2,18,20). The van der Waals surface area contributed by atoms with Gasteiger partial charge in [-0.2, -0.15) is 0 Å². The normalized spacial score (nSPS) is 11.9. The van der Waals surface area contributed by atoms with E-state index < -0.39 is 11.7 Å². The Hall–Kier alpha value is -2.36. The molecule has 0 saturated carbocycles. The third-order valence-corrected chi connectivity index (χ3v) is 3.30. The second-order valence-electron chi connectivity index (χ2n) is 4.77. The summed E-state index contributed by atoms with van der Waals surface area (Å²) in [5, 5.41) is 3.21. The molecule has 0 aliphatic rings. The van der Waals surface area contributed by atoms with Crippen LogP contribution in [0.25, 0.3) is 0 Å². The average Bonchev–Trinajstić information content (AvgIpc) is 2.44. The summed E-state index contributed by atoms with van der Waals surface area (Å²) in [5.74, 6) is -1.08. The Morgan fingerprint density at radius 3 is 2.50 bits per heavy atom. The maximum absolute atomic E-state index is 13.8. The minimum Gasteiger partial charge on any atom is -0.378 e. The Morgan fingerprint density at radius 1 is 1.25 bits per heavy atom. The smallest absolute Gasteiger partial charge is 0.248 e. The van der Waals surface area contributed by atoms with E-state index >= 15 is 0 Å². The van der Waals surface area contributed by atoms with Crippen molar-refractivity contribution in [3.05, 3.63) is 65.0 Å². The van der Waals surface area contributed by atoms with Gasteiger partial charge in [-0.1, -0.05) is 30.3 Å². The van der Waals surface area contributed by atoms with Gasteiger partial charge in [0.15, 0.2) is 0 Å².